The van der Waals surface area contributed by atoms with E-state index in [1.165, 1.54) is 6.08 Å². The summed E-state index contributed by atoms with van der Waals surface area (Å²) in [5.41, 5.74) is -0.0806. The van der Waals surface area contributed by atoms with Gasteiger partial charge in [-0.05, 0) is 19.0 Å². The average Bonchev–Trinajstić information content (AvgIpc) is 2.24. The highest BCUT2D eigenvalue weighted by molar-refractivity contribution is 6.73. The number of rotatable bonds is 6. The molecule has 3 nitrogen and oxygen atoms in total. The quantitative estimate of drug-likeness (QED) is 0.388. The molecule has 0 fully saturated rings. The number of esters is 1. The van der Waals surface area contributed by atoms with Gasteiger partial charge in [0.1, 0.15) is 5.73 Å². The van der Waals surface area contributed by atoms with Gasteiger partial charge in [0.2, 0.25) is 8.32 Å². The van der Waals surface area contributed by atoms with Crippen LogP contribution in [0.5, 0.6) is 0 Å². The van der Waals surface area contributed by atoms with Crippen molar-refractivity contribution in [2.24, 2.45) is 0 Å². The topological polar surface area (TPSA) is 35.5 Å². The Morgan fingerprint density at radius 2 is 2.14 bits per heavy atom. The summed E-state index contributed by atoms with van der Waals surface area (Å²) in [5.74, 6) is -0.360. The maximum Gasteiger partial charge on any atom is 0.330 e. The fourth-order valence-electron chi connectivity index (χ4n) is 1.33. The molecule has 82 valence electrons. The standard InChI is InChI=1S/C10H20O3Si/c1-6-9(11)13-10(7-2)14(5,8-3)12-4/h6,10H,1,7-8H2,2-5H3. The van der Waals surface area contributed by atoms with E-state index < -0.39 is 8.32 Å². The van der Waals surface area contributed by atoms with Gasteiger partial charge in [0, 0.05) is 13.2 Å². The molecule has 0 aromatic heterocycles. The van der Waals surface area contributed by atoms with E-state index in [2.05, 4.69) is 20.0 Å². The lowest BCUT2D eigenvalue weighted by Crippen LogP contribution is -2.48. The van der Waals surface area contributed by atoms with Gasteiger partial charge in [-0.25, -0.2) is 4.79 Å². The summed E-state index contributed by atoms with van der Waals surface area (Å²) in [7, 11) is -0.202. The zero-order valence-corrected chi connectivity index (χ0v) is 10.5. The summed E-state index contributed by atoms with van der Waals surface area (Å²) in [4.78, 5) is 11.1. The zero-order valence-electron chi connectivity index (χ0n) is 9.50. The SMILES string of the molecule is C=CC(=O)OC(CC)[Si](C)(CC)OC. The molecule has 0 saturated carbocycles. The Labute approximate surface area is 87.2 Å². The number of hydrogen-bond acceptors (Lipinski definition) is 3. The van der Waals surface area contributed by atoms with Crippen molar-refractivity contribution in [2.75, 3.05) is 7.11 Å². The van der Waals surface area contributed by atoms with Crippen LogP contribution in [-0.2, 0) is 14.0 Å². The van der Waals surface area contributed by atoms with Crippen LogP contribution >= 0.6 is 0 Å². The number of hydrogen-bond donors (Lipinski definition) is 0. The molecular weight excluding hydrogens is 196 g/mol. The van der Waals surface area contributed by atoms with E-state index in [-0.39, 0.29) is 11.7 Å². The second-order valence-corrected chi connectivity index (χ2v) is 7.79. The highest BCUT2D eigenvalue weighted by Crippen LogP contribution is 2.20. The van der Waals surface area contributed by atoms with Crippen LogP contribution in [0.15, 0.2) is 12.7 Å². The van der Waals surface area contributed by atoms with Gasteiger partial charge in [-0.1, -0.05) is 20.4 Å². The van der Waals surface area contributed by atoms with Gasteiger partial charge in [0.15, 0.2) is 0 Å². The molecule has 14 heavy (non-hydrogen) atoms. The molecule has 0 rings (SSSR count). The summed E-state index contributed by atoms with van der Waals surface area (Å²) in [5, 5.41) is 0. The molecule has 0 aromatic rings. The van der Waals surface area contributed by atoms with Gasteiger partial charge in [-0.2, -0.15) is 0 Å². The van der Waals surface area contributed by atoms with Crippen molar-refractivity contribution in [1.29, 1.82) is 0 Å². The fraction of sp³-hybridized carbons (Fsp3) is 0.700. The minimum atomic E-state index is -1.90. The van der Waals surface area contributed by atoms with E-state index in [4.69, 9.17) is 9.16 Å². The molecule has 0 bridgehead atoms. The second-order valence-electron chi connectivity index (χ2n) is 3.41. The third-order valence-electron chi connectivity index (χ3n) is 2.65. The predicted molar refractivity (Wildman–Crippen MR) is 59.5 cm³/mol. The van der Waals surface area contributed by atoms with Gasteiger partial charge in [0.05, 0.1) is 0 Å². The normalized spacial score (nSPS) is 16.9. The Hall–Kier alpha value is -0.613. The van der Waals surface area contributed by atoms with Crippen LogP contribution in [0.2, 0.25) is 12.6 Å². The Morgan fingerprint density at radius 1 is 1.57 bits per heavy atom. The van der Waals surface area contributed by atoms with Crippen LogP contribution in [0.25, 0.3) is 0 Å². The molecule has 0 aliphatic heterocycles. The summed E-state index contributed by atoms with van der Waals surface area (Å²) in [6.07, 6.45) is 1.99. The van der Waals surface area contributed by atoms with Crippen LogP contribution in [0.3, 0.4) is 0 Å². The van der Waals surface area contributed by atoms with Crippen molar-refractivity contribution in [3.63, 3.8) is 0 Å². The third kappa shape index (κ3) is 3.27. The van der Waals surface area contributed by atoms with Crippen LogP contribution < -0.4 is 0 Å². The molecule has 0 amide bonds. The average molecular weight is 216 g/mol. The largest absolute Gasteiger partial charge is 0.460 e. The third-order valence-corrected chi connectivity index (χ3v) is 6.87. The molecule has 4 heteroatoms. The van der Waals surface area contributed by atoms with Gasteiger partial charge in [-0.15, -0.1) is 0 Å². The first-order chi connectivity index (χ1) is 6.53. The van der Waals surface area contributed by atoms with Gasteiger partial charge >= 0.3 is 5.97 Å². The van der Waals surface area contributed by atoms with E-state index in [0.29, 0.717) is 0 Å². The predicted octanol–water partition coefficient (Wildman–Crippen LogP) is 2.28. The smallest absolute Gasteiger partial charge is 0.330 e. The van der Waals surface area contributed by atoms with Gasteiger partial charge in [-0.3, -0.25) is 0 Å². The minimum absolute atomic E-state index is 0.0806. The molecule has 0 heterocycles. The first-order valence-electron chi connectivity index (χ1n) is 4.92. The van der Waals surface area contributed by atoms with Crippen molar-refractivity contribution >= 4 is 14.3 Å². The number of carbonyl (C=O) groups excluding carboxylic acids is 1. The van der Waals surface area contributed by atoms with E-state index in [1.807, 2.05) is 6.92 Å². The molecule has 0 N–H and O–H groups in total. The first-order valence-corrected chi connectivity index (χ1v) is 7.61. The molecule has 0 saturated heterocycles. The van der Waals surface area contributed by atoms with E-state index in [1.54, 1.807) is 7.11 Å². The Balaban J connectivity index is 4.52. The van der Waals surface area contributed by atoms with Crippen molar-refractivity contribution < 1.29 is 14.0 Å². The molecule has 2 unspecified atom stereocenters. The van der Waals surface area contributed by atoms with Crippen LogP contribution in [-0.4, -0.2) is 27.1 Å². The molecule has 0 spiro atoms. The van der Waals surface area contributed by atoms with E-state index in [0.717, 1.165) is 12.5 Å². The summed E-state index contributed by atoms with van der Waals surface area (Å²) in [6, 6.07) is 0.937. The van der Waals surface area contributed by atoms with Crippen LogP contribution in [0.4, 0.5) is 0 Å². The molecule has 0 radical (unpaired) electrons. The molecule has 0 aliphatic carbocycles. The maximum atomic E-state index is 11.1. The summed E-state index contributed by atoms with van der Waals surface area (Å²) >= 11 is 0. The highest BCUT2D eigenvalue weighted by atomic mass is 28.4. The van der Waals surface area contributed by atoms with Crippen molar-refractivity contribution in [1.82, 2.24) is 0 Å². The molecule has 2 atom stereocenters. The molecular formula is C10H20O3Si. The summed E-state index contributed by atoms with van der Waals surface area (Å²) in [6.45, 7) is 9.53. The lowest BCUT2D eigenvalue weighted by Gasteiger charge is -2.31. The fourth-order valence-corrected chi connectivity index (χ4v) is 3.57. The Kier molecular flexibility index (Phi) is 5.72. The highest BCUT2D eigenvalue weighted by Gasteiger charge is 2.37. The summed E-state index contributed by atoms with van der Waals surface area (Å²) < 4.78 is 10.8. The van der Waals surface area contributed by atoms with Gasteiger partial charge < -0.3 is 9.16 Å². The Morgan fingerprint density at radius 3 is 2.43 bits per heavy atom. The maximum absolute atomic E-state index is 11.1. The second kappa shape index (κ2) is 5.98. The number of carbonyl (C=O) groups is 1. The Bertz CT molecular complexity index is 200. The van der Waals surface area contributed by atoms with Crippen molar-refractivity contribution in [3.8, 4) is 0 Å². The van der Waals surface area contributed by atoms with Crippen molar-refractivity contribution in [3.05, 3.63) is 12.7 Å². The lowest BCUT2D eigenvalue weighted by atomic mass is 10.5. The van der Waals surface area contributed by atoms with Crippen molar-refractivity contribution in [2.45, 2.75) is 38.6 Å². The molecule has 0 aliphatic rings. The van der Waals surface area contributed by atoms with Crippen LogP contribution in [0, 0.1) is 0 Å². The van der Waals surface area contributed by atoms with E-state index >= 15 is 0 Å². The number of ether oxygens (including phenoxy) is 1. The molecule has 0 aromatic carbocycles. The van der Waals surface area contributed by atoms with E-state index in [9.17, 15) is 4.79 Å². The zero-order chi connectivity index (χ0) is 11.2. The minimum Gasteiger partial charge on any atom is -0.460 e. The van der Waals surface area contributed by atoms with Crippen LogP contribution in [0.1, 0.15) is 20.3 Å². The lowest BCUT2D eigenvalue weighted by molar-refractivity contribution is -0.140. The van der Waals surface area contributed by atoms with Gasteiger partial charge in [0.25, 0.3) is 0 Å². The first kappa shape index (κ1) is 13.4. The monoisotopic (exact) mass is 216 g/mol.